The van der Waals surface area contributed by atoms with Crippen LogP contribution in [0.2, 0.25) is 0 Å². The molecular weight excluding hydrogens is 204 g/mol. The summed E-state index contributed by atoms with van der Waals surface area (Å²) in [6.07, 6.45) is 0. The van der Waals surface area contributed by atoms with Gasteiger partial charge in [0.1, 0.15) is 0 Å². The third-order valence-corrected chi connectivity index (χ3v) is 2.21. The lowest BCUT2D eigenvalue weighted by atomic mass is 10.1. The highest BCUT2D eigenvalue weighted by Crippen LogP contribution is 2.11. The third kappa shape index (κ3) is 9.13. The summed E-state index contributed by atoms with van der Waals surface area (Å²) >= 11 is 0. The van der Waals surface area contributed by atoms with Gasteiger partial charge in [0.2, 0.25) is 0 Å². The van der Waals surface area contributed by atoms with Gasteiger partial charge in [0.15, 0.2) is 0 Å². The van der Waals surface area contributed by atoms with Crippen LogP contribution in [-0.2, 0) is 14.2 Å². The molecule has 98 valence electrons. The van der Waals surface area contributed by atoms with Crippen LogP contribution in [0, 0.1) is 5.92 Å². The van der Waals surface area contributed by atoms with Crippen molar-refractivity contribution in [3.05, 3.63) is 0 Å². The molecule has 3 nitrogen and oxygen atoms in total. The van der Waals surface area contributed by atoms with Gasteiger partial charge in [0.05, 0.1) is 31.0 Å². The molecule has 0 rings (SSSR count). The number of ether oxygens (including phenoxy) is 3. The van der Waals surface area contributed by atoms with Gasteiger partial charge in [0.25, 0.3) is 0 Å². The molecule has 0 aromatic rings. The fourth-order valence-electron chi connectivity index (χ4n) is 1.01. The first-order chi connectivity index (χ1) is 7.16. The number of methoxy groups -OCH3 is 1. The first-order valence-electron chi connectivity index (χ1n) is 5.93. The Kier molecular flexibility index (Phi) is 6.53. The van der Waals surface area contributed by atoms with E-state index in [0.717, 1.165) is 6.61 Å². The number of rotatable bonds is 7. The van der Waals surface area contributed by atoms with E-state index in [9.17, 15) is 0 Å². The predicted molar refractivity (Wildman–Crippen MR) is 66.8 cm³/mol. The average molecular weight is 232 g/mol. The minimum absolute atomic E-state index is 0.0694. The summed E-state index contributed by atoms with van der Waals surface area (Å²) in [6, 6.07) is 0. The molecule has 0 saturated carbocycles. The van der Waals surface area contributed by atoms with Gasteiger partial charge in [-0.1, -0.05) is 6.92 Å². The van der Waals surface area contributed by atoms with Gasteiger partial charge in [-0.05, 0) is 34.6 Å². The highest BCUT2D eigenvalue weighted by Gasteiger charge is 2.17. The Morgan fingerprint density at radius 3 is 2.00 bits per heavy atom. The van der Waals surface area contributed by atoms with Gasteiger partial charge in [-0.2, -0.15) is 0 Å². The van der Waals surface area contributed by atoms with E-state index < -0.39 is 0 Å². The van der Waals surface area contributed by atoms with E-state index in [4.69, 9.17) is 14.2 Å². The summed E-state index contributed by atoms with van der Waals surface area (Å²) in [4.78, 5) is 0. The van der Waals surface area contributed by atoms with E-state index in [1.54, 1.807) is 7.11 Å². The smallest absolute Gasteiger partial charge is 0.0855 e. The Morgan fingerprint density at radius 1 is 1.00 bits per heavy atom. The Morgan fingerprint density at radius 2 is 1.56 bits per heavy atom. The highest BCUT2D eigenvalue weighted by atomic mass is 16.5. The molecule has 0 spiro atoms. The second-order valence-electron chi connectivity index (χ2n) is 6.01. The summed E-state index contributed by atoms with van der Waals surface area (Å²) in [6.45, 7) is 14.4. The molecule has 1 unspecified atom stereocenters. The lowest BCUT2D eigenvalue weighted by Crippen LogP contribution is -2.31. The lowest BCUT2D eigenvalue weighted by Gasteiger charge is -2.25. The quantitative estimate of drug-likeness (QED) is 0.675. The first kappa shape index (κ1) is 15.9. The van der Waals surface area contributed by atoms with Crippen LogP contribution in [0.1, 0.15) is 41.5 Å². The lowest BCUT2D eigenvalue weighted by molar-refractivity contribution is -0.0729. The molecule has 0 amide bonds. The monoisotopic (exact) mass is 232 g/mol. The number of hydrogen-bond acceptors (Lipinski definition) is 3. The average Bonchev–Trinajstić information content (AvgIpc) is 2.13. The first-order valence-corrected chi connectivity index (χ1v) is 5.93. The van der Waals surface area contributed by atoms with Crippen molar-refractivity contribution in [1.82, 2.24) is 0 Å². The second-order valence-corrected chi connectivity index (χ2v) is 6.01. The van der Waals surface area contributed by atoms with Crippen molar-refractivity contribution < 1.29 is 14.2 Å². The molecule has 0 aromatic heterocycles. The van der Waals surface area contributed by atoms with Crippen molar-refractivity contribution in [2.24, 2.45) is 5.92 Å². The second kappa shape index (κ2) is 6.58. The van der Waals surface area contributed by atoms with E-state index in [2.05, 4.69) is 27.7 Å². The normalized spacial score (nSPS) is 15.2. The predicted octanol–water partition coefficient (Wildman–Crippen LogP) is 2.88. The summed E-state index contributed by atoms with van der Waals surface area (Å²) in [5.41, 5.74) is -0.273. The molecule has 0 bridgehead atoms. The Hall–Kier alpha value is -0.120. The van der Waals surface area contributed by atoms with Gasteiger partial charge in [-0.25, -0.2) is 0 Å². The third-order valence-electron chi connectivity index (χ3n) is 2.21. The molecule has 0 radical (unpaired) electrons. The largest absolute Gasteiger partial charge is 0.378 e. The van der Waals surface area contributed by atoms with E-state index in [1.165, 1.54) is 0 Å². The molecule has 16 heavy (non-hydrogen) atoms. The standard InChI is InChI=1S/C13H28O3/c1-11(9-16-12(2,3)4)8-15-10-13(5,6)14-7/h11H,8-10H2,1-7H3. The molecule has 0 aliphatic carbocycles. The van der Waals surface area contributed by atoms with Gasteiger partial charge in [0, 0.05) is 13.0 Å². The zero-order valence-corrected chi connectivity index (χ0v) is 11.9. The zero-order valence-electron chi connectivity index (χ0n) is 11.9. The fourth-order valence-corrected chi connectivity index (χ4v) is 1.01. The minimum Gasteiger partial charge on any atom is -0.378 e. The fraction of sp³-hybridized carbons (Fsp3) is 1.00. The van der Waals surface area contributed by atoms with Crippen molar-refractivity contribution in [2.75, 3.05) is 26.9 Å². The van der Waals surface area contributed by atoms with Crippen LogP contribution in [0.4, 0.5) is 0 Å². The maximum atomic E-state index is 5.69. The van der Waals surface area contributed by atoms with Crippen molar-refractivity contribution >= 4 is 0 Å². The maximum absolute atomic E-state index is 5.69. The van der Waals surface area contributed by atoms with Crippen LogP contribution >= 0.6 is 0 Å². The van der Waals surface area contributed by atoms with Gasteiger partial charge in [-0.3, -0.25) is 0 Å². The van der Waals surface area contributed by atoms with Crippen LogP contribution < -0.4 is 0 Å². The van der Waals surface area contributed by atoms with E-state index in [0.29, 0.717) is 19.1 Å². The van der Waals surface area contributed by atoms with Crippen LogP contribution in [0.5, 0.6) is 0 Å². The number of hydrogen-bond donors (Lipinski definition) is 0. The van der Waals surface area contributed by atoms with Gasteiger partial charge in [-0.15, -0.1) is 0 Å². The molecule has 0 saturated heterocycles. The van der Waals surface area contributed by atoms with Crippen molar-refractivity contribution in [3.63, 3.8) is 0 Å². The Labute approximate surface area is 100 Å². The molecule has 0 N–H and O–H groups in total. The molecule has 1 atom stereocenters. The topological polar surface area (TPSA) is 27.7 Å². The Balaban J connectivity index is 3.63. The van der Waals surface area contributed by atoms with E-state index in [-0.39, 0.29) is 11.2 Å². The van der Waals surface area contributed by atoms with Crippen LogP contribution in [0.25, 0.3) is 0 Å². The summed E-state index contributed by atoms with van der Waals surface area (Å²) in [7, 11) is 1.70. The van der Waals surface area contributed by atoms with Crippen molar-refractivity contribution in [3.8, 4) is 0 Å². The molecule has 0 aliphatic rings. The summed E-state index contributed by atoms with van der Waals surface area (Å²) < 4.78 is 16.6. The van der Waals surface area contributed by atoms with Crippen LogP contribution in [0.3, 0.4) is 0 Å². The Bertz CT molecular complexity index is 182. The molecule has 3 heteroatoms. The van der Waals surface area contributed by atoms with E-state index >= 15 is 0 Å². The van der Waals surface area contributed by atoms with Crippen molar-refractivity contribution in [1.29, 1.82) is 0 Å². The molecule has 0 heterocycles. The van der Waals surface area contributed by atoms with Gasteiger partial charge < -0.3 is 14.2 Å². The summed E-state index contributed by atoms with van der Waals surface area (Å²) in [5.74, 6) is 0.409. The highest BCUT2D eigenvalue weighted by molar-refractivity contribution is 4.66. The van der Waals surface area contributed by atoms with Gasteiger partial charge >= 0.3 is 0 Å². The van der Waals surface area contributed by atoms with E-state index in [1.807, 2.05) is 13.8 Å². The van der Waals surface area contributed by atoms with Crippen LogP contribution in [-0.4, -0.2) is 38.1 Å². The molecule has 0 aromatic carbocycles. The van der Waals surface area contributed by atoms with Crippen molar-refractivity contribution in [2.45, 2.75) is 52.7 Å². The van der Waals surface area contributed by atoms with Crippen LogP contribution in [0.15, 0.2) is 0 Å². The zero-order chi connectivity index (χ0) is 12.8. The molecule has 0 aliphatic heterocycles. The maximum Gasteiger partial charge on any atom is 0.0855 e. The SMILES string of the molecule is COC(C)(C)COCC(C)COC(C)(C)C. The summed E-state index contributed by atoms with van der Waals surface area (Å²) in [5, 5.41) is 0. The molecule has 0 fully saturated rings. The minimum atomic E-state index is -0.204. The molecular formula is C13H28O3.